The van der Waals surface area contributed by atoms with Crippen LogP contribution in [0.5, 0.6) is 0 Å². The van der Waals surface area contributed by atoms with Gasteiger partial charge in [-0.2, -0.15) is 11.8 Å². The summed E-state index contributed by atoms with van der Waals surface area (Å²) in [6.45, 7) is 2.20. The lowest BCUT2D eigenvalue weighted by Gasteiger charge is -2.15. The van der Waals surface area contributed by atoms with Crippen LogP contribution in [0.4, 0.5) is 5.82 Å². The lowest BCUT2D eigenvalue weighted by atomic mass is 10.2. The summed E-state index contributed by atoms with van der Waals surface area (Å²) in [6, 6.07) is 2.06. The molecule has 2 rings (SSSR count). The molecule has 0 spiro atoms. The highest BCUT2D eigenvalue weighted by molar-refractivity contribution is 7.99. The maximum Gasteiger partial charge on any atom is 0.150 e. The molecular weight excluding hydrogens is 311 g/mol. The molecule has 0 radical (unpaired) electrons. The lowest BCUT2D eigenvalue weighted by Crippen LogP contribution is -2.17. The molecule has 0 aromatic carbocycles. The Hall–Kier alpha value is 0.170. The van der Waals surface area contributed by atoms with Gasteiger partial charge in [0.2, 0.25) is 0 Å². The van der Waals surface area contributed by atoms with Gasteiger partial charge in [0.15, 0.2) is 0 Å². The molecule has 0 aliphatic heterocycles. The quantitative estimate of drug-likeness (QED) is 0.777. The Bertz CT molecular complexity index is 428. The normalized spacial score (nSPS) is 23.3. The average molecular weight is 326 g/mol. The number of thioether (sulfide) groups is 1. The van der Waals surface area contributed by atoms with Gasteiger partial charge in [-0.15, -0.1) is 0 Å². The molecule has 2 nitrogen and oxygen atoms in total. The van der Waals surface area contributed by atoms with E-state index in [9.17, 15) is 0 Å². The van der Waals surface area contributed by atoms with Crippen molar-refractivity contribution in [2.75, 3.05) is 11.1 Å². The number of nitrogens with zero attached hydrogens (tertiary/aromatic N) is 1. The van der Waals surface area contributed by atoms with E-state index in [0.717, 1.165) is 18.1 Å². The summed E-state index contributed by atoms with van der Waals surface area (Å²) < 4.78 is 0. The van der Waals surface area contributed by atoms with E-state index in [4.69, 9.17) is 34.8 Å². The van der Waals surface area contributed by atoms with Crippen molar-refractivity contribution in [2.24, 2.45) is 0 Å². The van der Waals surface area contributed by atoms with E-state index in [1.807, 2.05) is 11.8 Å². The van der Waals surface area contributed by atoms with Crippen molar-refractivity contribution in [3.05, 3.63) is 21.3 Å². The standard InChI is InChI=1S/C12H15Cl3N2S/c1-2-18-8-4-3-7(5-8)16-12-10(14)6-9(13)11(15)17-12/h6-8H,2-5H2,1H3,(H,16,17). The molecule has 0 bridgehead atoms. The molecule has 1 N–H and O–H groups in total. The molecule has 2 unspecified atom stereocenters. The molecule has 1 fully saturated rings. The topological polar surface area (TPSA) is 24.9 Å². The largest absolute Gasteiger partial charge is 0.366 e. The first-order valence-electron chi connectivity index (χ1n) is 5.99. The number of aromatic nitrogens is 1. The highest BCUT2D eigenvalue weighted by Crippen LogP contribution is 2.34. The van der Waals surface area contributed by atoms with Crippen LogP contribution in [0.2, 0.25) is 15.2 Å². The highest BCUT2D eigenvalue weighted by atomic mass is 35.5. The van der Waals surface area contributed by atoms with Gasteiger partial charge in [-0.1, -0.05) is 41.7 Å². The number of rotatable bonds is 4. The zero-order valence-corrected chi connectivity index (χ0v) is 13.1. The van der Waals surface area contributed by atoms with Crippen LogP contribution in [0.1, 0.15) is 26.2 Å². The summed E-state index contributed by atoms with van der Waals surface area (Å²) in [6.07, 6.45) is 3.54. The van der Waals surface area contributed by atoms with E-state index in [0.29, 0.717) is 27.1 Å². The lowest BCUT2D eigenvalue weighted by molar-refractivity contribution is 0.752. The van der Waals surface area contributed by atoms with Gasteiger partial charge < -0.3 is 5.32 Å². The summed E-state index contributed by atoms with van der Waals surface area (Å²) >= 11 is 19.9. The maximum atomic E-state index is 6.10. The van der Waals surface area contributed by atoms with Crippen molar-refractivity contribution in [1.29, 1.82) is 0 Å². The predicted molar refractivity (Wildman–Crippen MR) is 82.4 cm³/mol. The van der Waals surface area contributed by atoms with Gasteiger partial charge in [0, 0.05) is 11.3 Å². The van der Waals surface area contributed by atoms with Crippen molar-refractivity contribution in [1.82, 2.24) is 4.98 Å². The van der Waals surface area contributed by atoms with Crippen LogP contribution >= 0.6 is 46.6 Å². The monoisotopic (exact) mass is 324 g/mol. The predicted octanol–water partition coefficient (Wildman–Crippen LogP) is 5.13. The summed E-state index contributed by atoms with van der Waals surface area (Å²) in [5, 5.41) is 5.31. The smallest absolute Gasteiger partial charge is 0.150 e. The molecule has 100 valence electrons. The van der Waals surface area contributed by atoms with Crippen LogP contribution < -0.4 is 5.32 Å². The number of halogens is 3. The fraction of sp³-hybridized carbons (Fsp3) is 0.583. The maximum absolute atomic E-state index is 6.10. The Morgan fingerprint density at radius 1 is 1.33 bits per heavy atom. The molecular formula is C12H15Cl3N2S. The van der Waals surface area contributed by atoms with Gasteiger partial charge in [0.05, 0.1) is 10.0 Å². The minimum Gasteiger partial charge on any atom is -0.366 e. The van der Waals surface area contributed by atoms with Gasteiger partial charge in [-0.3, -0.25) is 0 Å². The minimum absolute atomic E-state index is 0.293. The van der Waals surface area contributed by atoms with Crippen LogP contribution in [-0.2, 0) is 0 Å². The third-order valence-corrected chi connectivity index (χ3v) is 5.21. The Balaban J connectivity index is 2.00. The first kappa shape index (κ1) is 14.6. The SMILES string of the molecule is CCSC1CCC(Nc2nc(Cl)c(Cl)cc2Cl)C1. The third-order valence-electron chi connectivity index (χ3n) is 3.01. The first-order chi connectivity index (χ1) is 8.60. The Labute approximate surface area is 127 Å². The van der Waals surface area contributed by atoms with E-state index < -0.39 is 0 Å². The van der Waals surface area contributed by atoms with Crippen LogP contribution in [0.15, 0.2) is 6.07 Å². The van der Waals surface area contributed by atoms with E-state index in [1.54, 1.807) is 6.07 Å². The summed E-state index contributed by atoms with van der Waals surface area (Å²) in [5.74, 6) is 1.81. The van der Waals surface area contributed by atoms with Crippen LogP contribution in [0.3, 0.4) is 0 Å². The molecule has 1 aromatic rings. The molecule has 18 heavy (non-hydrogen) atoms. The number of hydrogen-bond acceptors (Lipinski definition) is 3. The fourth-order valence-corrected chi connectivity index (χ4v) is 3.89. The van der Waals surface area contributed by atoms with Crippen molar-refractivity contribution in [3.63, 3.8) is 0 Å². The summed E-state index contributed by atoms with van der Waals surface area (Å²) in [4.78, 5) is 4.19. The van der Waals surface area contributed by atoms with Gasteiger partial charge in [-0.05, 0) is 31.1 Å². The third kappa shape index (κ3) is 3.60. The Morgan fingerprint density at radius 2 is 2.11 bits per heavy atom. The second-order valence-corrected chi connectivity index (χ2v) is 7.07. The number of hydrogen-bond donors (Lipinski definition) is 1. The summed E-state index contributed by atoms with van der Waals surface area (Å²) in [5.41, 5.74) is 0. The molecule has 0 saturated heterocycles. The Kier molecular flexibility index (Phi) is 5.31. The molecule has 2 atom stereocenters. The molecule has 0 amide bonds. The van der Waals surface area contributed by atoms with E-state index in [1.165, 1.54) is 12.2 Å². The second-order valence-electron chi connectivity index (χ2n) is 4.32. The molecule has 1 saturated carbocycles. The van der Waals surface area contributed by atoms with E-state index in [-0.39, 0.29) is 0 Å². The fourth-order valence-electron chi connectivity index (χ4n) is 2.20. The van der Waals surface area contributed by atoms with Gasteiger partial charge >= 0.3 is 0 Å². The molecule has 1 aliphatic rings. The zero-order valence-electron chi connectivity index (χ0n) is 10.0. The first-order valence-corrected chi connectivity index (χ1v) is 8.18. The van der Waals surface area contributed by atoms with Crippen molar-refractivity contribution in [3.8, 4) is 0 Å². The number of anilines is 1. The van der Waals surface area contributed by atoms with Crippen LogP contribution in [0.25, 0.3) is 0 Å². The van der Waals surface area contributed by atoms with Crippen LogP contribution in [0, 0.1) is 0 Å². The molecule has 1 heterocycles. The van der Waals surface area contributed by atoms with Crippen molar-refractivity contribution in [2.45, 2.75) is 37.5 Å². The average Bonchev–Trinajstić information content (AvgIpc) is 2.74. The molecule has 1 aliphatic carbocycles. The minimum atomic E-state index is 0.293. The van der Waals surface area contributed by atoms with E-state index in [2.05, 4.69) is 17.2 Å². The zero-order chi connectivity index (χ0) is 13.1. The molecule has 6 heteroatoms. The van der Waals surface area contributed by atoms with Crippen molar-refractivity contribution < 1.29 is 0 Å². The Morgan fingerprint density at radius 3 is 2.83 bits per heavy atom. The van der Waals surface area contributed by atoms with Gasteiger partial charge in [-0.25, -0.2) is 4.98 Å². The molecule has 1 aromatic heterocycles. The second kappa shape index (κ2) is 6.56. The summed E-state index contributed by atoms with van der Waals surface area (Å²) in [7, 11) is 0. The highest BCUT2D eigenvalue weighted by Gasteiger charge is 2.25. The van der Waals surface area contributed by atoms with Gasteiger partial charge in [0.25, 0.3) is 0 Å². The van der Waals surface area contributed by atoms with Crippen LogP contribution in [-0.4, -0.2) is 22.0 Å². The number of nitrogens with one attached hydrogen (secondary N) is 1. The van der Waals surface area contributed by atoms with Crippen molar-refractivity contribution >= 4 is 52.4 Å². The van der Waals surface area contributed by atoms with E-state index >= 15 is 0 Å². The van der Waals surface area contributed by atoms with Gasteiger partial charge in [0.1, 0.15) is 11.0 Å². The number of pyridine rings is 1.